The zero-order chi connectivity index (χ0) is 20.8. The molecule has 0 aliphatic heterocycles. The number of nitrogens with zero attached hydrogens (tertiary/aromatic N) is 3. The number of thioether (sulfide) groups is 1. The van der Waals surface area contributed by atoms with Gasteiger partial charge in [0.2, 0.25) is 17.7 Å². The summed E-state index contributed by atoms with van der Waals surface area (Å²) in [6.07, 6.45) is 1.57. The van der Waals surface area contributed by atoms with Crippen molar-refractivity contribution in [1.29, 1.82) is 0 Å². The van der Waals surface area contributed by atoms with Gasteiger partial charge in [-0.15, -0.1) is 11.8 Å². The molecule has 1 N–H and O–H groups in total. The number of benzene rings is 1. The molecule has 29 heavy (non-hydrogen) atoms. The summed E-state index contributed by atoms with van der Waals surface area (Å²) < 4.78 is 12.0. The van der Waals surface area contributed by atoms with Crippen LogP contribution in [0.4, 0.5) is 11.6 Å². The van der Waals surface area contributed by atoms with Crippen LogP contribution in [0.1, 0.15) is 12.5 Å². The maximum absolute atomic E-state index is 12.9. The van der Waals surface area contributed by atoms with Gasteiger partial charge in [-0.2, -0.15) is 4.98 Å². The molecule has 3 rings (SSSR count). The number of halogens is 1. The number of methoxy groups -OCH3 is 2. The van der Waals surface area contributed by atoms with Gasteiger partial charge in [-0.25, -0.2) is 4.98 Å². The molecule has 0 bridgehead atoms. The molecule has 7 nitrogen and oxygen atoms in total. The van der Waals surface area contributed by atoms with E-state index in [1.54, 1.807) is 37.1 Å². The Kier molecular flexibility index (Phi) is 7.00. The van der Waals surface area contributed by atoms with Crippen molar-refractivity contribution in [2.45, 2.75) is 24.1 Å². The smallest absolute Gasteiger partial charge is 0.268 e. The average Bonchev–Trinajstić information content (AvgIpc) is 2.75. The molecule has 0 saturated carbocycles. The highest BCUT2D eigenvalue weighted by Crippen LogP contribution is 2.28. The summed E-state index contributed by atoms with van der Waals surface area (Å²) in [6.45, 7) is 2.37. The minimum Gasteiger partial charge on any atom is -0.481 e. The summed E-state index contributed by atoms with van der Waals surface area (Å²) in [6, 6.07) is 11.0. The molecule has 2 aromatic heterocycles. The third-order valence-corrected chi connectivity index (χ3v) is 5.53. The lowest BCUT2D eigenvalue weighted by Crippen LogP contribution is -2.24. The number of hydrogen-bond donors (Lipinski definition) is 1. The van der Waals surface area contributed by atoms with Gasteiger partial charge in [0.05, 0.1) is 36.0 Å². The summed E-state index contributed by atoms with van der Waals surface area (Å²) in [5, 5.41) is 3.69. The van der Waals surface area contributed by atoms with Crippen molar-refractivity contribution in [2.75, 3.05) is 19.5 Å². The lowest BCUT2D eigenvalue weighted by molar-refractivity contribution is 0.362. The average molecular weight is 433 g/mol. The first-order valence-electron chi connectivity index (χ1n) is 8.89. The van der Waals surface area contributed by atoms with Crippen molar-refractivity contribution >= 4 is 35.0 Å². The molecule has 1 aromatic carbocycles. The van der Waals surface area contributed by atoms with Gasteiger partial charge in [-0.05, 0) is 25.1 Å². The summed E-state index contributed by atoms with van der Waals surface area (Å²) in [5.74, 6) is 1.90. The molecule has 3 aromatic rings. The van der Waals surface area contributed by atoms with Crippen LogP contribution < -0.4 is 20.3 Å². The minimum atomic E-state index is -0.123. The number of aromatic nitrogens is 3. The predicted octanol–water partition coefficient (Wildman–Crippen LogP) is 4.36. The van der Waals surface area contributed by atoms with Crippen LogP contribution in [-0.4, -0.2) is 28.8 Å². The van der Waals surface area contributed by atoms with Crippen LogP contribution >= 0.6 is 23.4 Å². The summed E-state index contributed by atoms with van der Waals surface area (Å²) in [5.41, 5.74) is 1.43. The van der Waals surface area contributed by atoms with E-state index in [2.05, 4.69) is 15.3 Å². The fraction of sp³-hybridized carbons (Fsp3) is 0.250. The van der Waals surface area contributed by atoms with E-state index in [-0.39, 0.29) is 5.56 Å². The van der Waals surface area contributed by atoms with Crippen LogP contribution in [0.3, 0.4) is 0 Å². The lowest BCUT2D eigenvalue weighted by Gasteiger charge is -2.14. The van der Waals surface area contributed by atoms with Gasteiger partial charge < -0.3 is 14.8 Å². The normalized spacial score (nSPS) is 10.6. The van der Waals surface area contributed by atoms with E-state index in [0.717, 1.165) is 5.56 Å². The van der Waals surface area contributed by atoms with Gasteiger partial charge >= 0.3 is 0 Å². The van der Waals surface area contributed by atoms with Gasteiger partial charge in [0.25, 0.3) is 5.56 Å². The highest BCUT2D eigenvalue weighted by Gasteiger charge is 2.13. The fourth-order valence-corrected chi connectivity index (χ4v) is 3.73. The highest BCUT2D eigenvalue weighted by molar-refractivity contribution is 7.98. The van der Waals surface area contributed by atoms with Gasteiger partial charge in [0.1, 0.15) is 0 Å². The van der Waals surface area contributed by atoms with Crippen molar-refractivity contribution in [1.82, 2.24) is 14.5 Å². The third-order valence-electron chi connectivity index (χ3n) is 4.15. The molecular formula is C20H21ClN4O3S. The first kappa shape index (κ1) is 21.0. The van der Waals surface area contributed by atoms with E-state index in [9.17, 15) is 4.79 Å². The first-order chi connectivity index (χ1) is 14.1. The Hall–Kier alpha value is -2.71. The molecule has 0 saturated heterocycles. The van der Waals surface area contributed by atoms with Crippen molar-refractivity contribution in [3.63, 3.8) is 0 Å². The molecule has 2 heterocycles. The largest absolute Gasteiger partial charge is 0.481 e. The Morgan fingerprint density at radius 3 is 2.66 bits per heavy atom. The van der Waals surface area contributed by atoms with Crippen LogP contribution in [0, 0.1) is 0 Å². The van der Waals surface area contributed by atoms with Gasteiger partial charge in [0, 0.05) is 23.9 Å². The zero-order valence-electron chi connectivity index (χ0n) is 16.3. The first-order valence-corrected chi connectivity index (χ1v) is 10.3. The third kappa shape index (κ3) is 4.83. The van der Waals surface area contributed by atoms with Crippen molar-refractivity contribution in [3.8, 4) is 11.8 Å². The highest BCUT2D eigenvalue weighted by atomic mass is 35.5. The standard InChI is InChI=1S/C20H21ClN4O3S/c1-4-25-19(26)16(11-22-20(25)23-15-8-6-5-7-14(15)21)29-12-13-9-10-17(27-2)24-18(13)28-3/h5-11H,4,12H2,1-3H3,(H,22,23). The Labute approximate surface area is 178 Å². The monoisotopic (exact) mass is 432 g/mol. The number of anilines is 2. The fourth-order valence-electron chi connectivity index (χ4n) is 2.66. The molecule has 0 radical (unpaired) electrons. The van der Waals surface area contributed by atoms with E-state index in [1.807, 2.05) is 31.2 Å². The number of pyridine rings is 1. The quantitative estimate of drug-likeness (QED) is 0.529. The second-order valence-electron chi connectivity index (χ2n) is 5.91. The topological polar surface area (TPSA) is 78.3 Å². The summed E-state index contributed by atoms with van der Waals surface area (Å²) in [4.78, 5) is 22.2. The lowest BCUT2D eigenvalue weighted by atomic mass is 10.3. The van der Waals surface area contributed by atoms with Crippen LogP contribution in [0.25, 0.3) is 0 Å². The van der Waals surface area contributed by atoms with Crippen LogP contribution in [0.15, 0.2) is 52.3 Å². The van der Waals surface area contributed by atoms with Gasteiger partial charge in [-0.1, -0.05) is 23.7 Å². The van der Waals surface area contributed by atoms with Crippen LogP contribution in [0.5, 0.6) is 11.8 Å². The minimum absolute atomic E-state index is 0.123. The zero-order valence-corrected chi connectivity index (χ0v) is 17.9. The maximum atomic E-state index is 12.9. The number of para-hydroxylation sites is 1. The number of hydrogen-bond acceptors (Lipinski definition) is 7. The van der Waals surface area contributed by atoms with Gasteiger partial charge in [0.15, 0.2) is 0 Å². The second-order valence-corrected chi connectivity index (χ2v) is 7.34. The Bertz CT molecular complexity index is 1060. The molecule has 9 heteroatoms. The predicted molar refractivity (Wildman–Crippen MR) is 116 cm³/mol. The molecule has 0 unspecified atom stereocenters. The second kappa shape index (κ2) is 9.67. The van der Waals surface area contributed by atoms with E-state index in [1.165, 1.54) is 11.8 Å². The van der Waals surface area contributed by atoms with E-state index >= 15 is 0 Å². The molecule has 0 spiro atoms. The maximum Gasteiger partial charge on any atom is 0.268 e. The number of ether oxygens (including phenoxy) is 2. The molecule has 0 aliphatic rings. The summed E-state index contributed by atoms with van der Waals surface area (Å²) in [7, 11) is 3.10. The van der Waals surface area contributed by atoms with E-state index in [0.29, 0.717) is 45.6 Å². The Morgan fingerprint density at radius 1 is 1.17 bits per heavy atom. The molecule has 0 aliphatic carbocycles. The van der Waals surface area contributed by atoms with Crippen LogP contribution in [0.2, 0.25) is 5.02 Å². The number of nitrogens with one attached hydrogen (secondary N) is 1. The molecule has 0 amide bonds. The van der Waals surface area contributed by atoms with Crippen LogP contribution in [-0.2, 0) is 12.3 Å². The molecule has 0 atom stereocenters. The van der Waals surface area contributed by atoms with E-state index < -0.39 is 0 Å². The molecule has 152 valence electrons. The Morgan fingerprint density at radius 2 is 1.97 bits per heavy atom. The number of rotatable bonds is 8. The summed E-state index contributed by atoms with van der Waals surface area (Å²) >= 11 is 7.58. The van der Waals surface area contributed by atoms with Crippen molar-refractivity contribution in [2.24, 2.45) is 0 Å². The molecule has 0 fully saturated rings. The van der Waals surface area contributed by atoms with Crippen molar-refractivity contribution in [3.05, 3.63) is 63.5 Å². The SMILES string of the molecule is CCn1c(Nc2ccccc2Cl)ncc(SCc2ccc(OC)nc2OC)c1=O. The van der Waals surface area contributed by atoms with E-state index in [4.69, 9.17) is 21.1 Å². The molecular weight excluding hydrogens is 412 g/mol. The van der Waals surface area contributed by atoms with Crippen molar-refractivity contribution < 1.29 is 9.47 Å². The van der Waals surface area contributed by atoms with Gasteiger partial charge in [-0.3, -0.25) is 9.36 Å². The Balaban J connectivity index is 1.83.